The van der Waals surface area contributed by atoms with Crippen LogP contribution in [-0.4, -0.2) is 23.1 Å². The van der Waals surface area contributed by atoms with Crippen LogP contribution in [0.1, 0.15) is 8.42 Å². The van der Waals surface area contributed by atoms with Crippen LogP contribution in [0.5, 0.6) is 0 Å². The van der Waals surface area contributed by atoms with Crippen molar-refractivity contribution >= 4 is 45.1 Å². The summed E-state index contributed by atoms with van der Waals surface area (Å²) in [7, 11) is 0. The van der Waals surface area contributed by atoms with Gasteiger partial charge in [0.25, 0.3) is 0 Å². The van der Waals surface area contributed by atoms with Gasteiger partial charge >= 0.3 is 23.1 Å². The van der Waals surface area contributed by atoms with Crippen LogP contribution in [0.2, 0.25) is 0 Å². The summed E-state index contributed by atoms with van der Waals surface area (Å²) in [6.45, 7) is 0. The quantitative estimate of drug-likeness (QED) is 0.624. The minimum atomic E-state index is 0. The van der Waals surface area contributed by atoms with Crippen LogP contribution in [0.15, 0.2) is 35.3 Å². The molecule has 1 aromatic carbocycles. The van der Waals surface area contributed by atoms with Gasteiger partial charge in [-0.3, -0.25) is 0 Å². The van der Waals surface area contributed by atoms with Crippen LogP contribution in [0.4, 0.5) is 0 Å². The van der Waals surface area contributed by atoms with Gasteiger partial charge in [-0.25, -0.2) is 0 Å². The topological polar surface area (TPSA) is 0 Å². The van der Waals surface area contributed by atoms with Gasteiger partial charge in [-0.05, 0) is 16.6 Å². The van der Waals surface area contributed by atoms with Crippen molar-refractivity contribution in [1.29, 1.82) is 0 Å². The molecule has 0 aliphatic heterocycles. The Morgan fingerprint density at radius 3 is 2.30 bits per heavy atom. The van der Waals surface area contributed by atoms with Crippen LogP contribution >= 0.6 is 15.9 Å². The van der Waals surface area contributed by atoms with E-state index in [1.807, 2.05) is 29.3 Å². The maximum atomic E-state index is 3.21. The molecule has 10 heavy (non-hydrogen) atoms. The first-order valence-corrected chi connectivity index (χ1v) is 3.67. The average Bonchev–Trinajstić information content (AvgIpc) is 1.91. The van der Waals surface area contributed by atoms with Crippen molar-refractivity contribution in [2.24, 2.45) is 0 Å². The molecule has 0 fully saturated rings. The van der Waals surface area contributed by atoms with Crippen LogP contribution in [0.25, 0.3) is 6.08 Å². The Morgan fingerprint density at radius 1 is 1.20 bits per heavy atom. The summed E-state index contributed by atoms with van der Waals surface area (Å²) in [5.41, 5.74) is 1.22. The summed E-state index contributed by atoms with van der Waals surface area (Å²) < 4.78 is 0. The van der Waals surface area contributed by atoms with Crippen molar-refractivity contribution in [1.82, 2.24) is 0 Å². The van der Waals surface area contributed by atoms with Crippen molar-refractivity contribution in [2.75, 3.05) is 0 Å². The third-order valence-electron chi connectivity index (χ3n) is 1.06. The molecule has 0 saturated heterocycles. The molecule has 0 atom stereocenters. The normalized spacial score (nSPS) is 9.30. The van der Waals surface area contributed by atoms with Crippen molar-refractivity contribution in [2.45, 2.75) is 0 Å². The molecule has 0 spiro atoms. The third-order valence-corrected chi connectivity index (χ3v) is 1.32. The fraction of sp³-hybridized carbons (Fsp3) is 0. The molecule has 0 aliphatic carbocycles. The minimum absolute atomic E-state index is 0. The Hall–Kier alpha value is 0.206. The van der Waals surface area contributed by atoms with E-state index in [2.05, 4.69) is 28.1 Å². The van der Waals surface area contributed by atoms with E-state index in [-0.39, 0.29) is 25.9 Å². The second-order valence-electron chi connectivity index (χ2n) is 1.70. The summed E-state index contributed by atoms with van der Waals surface area (Å²) in [6.07, 6.45) is 2.00. The molecule has 50 valence electrons. The summed E-state index contributed by atoms with van der Waals surface area (Å²) in [4.78, 5) is 1.85. The number of halogens is 1. The number of hydrogen-bond acceptors (Lipinski definition) is 0. The van der Waals surface area contributed by atoms with Gasteiger partial charge in [0.2, 0.25) is 0 Å². The van der Waals surface area contributed by atoms with Crippen molar-refractivity contribution in [3.8, 4) is 0 Å². The van der Waals surface area contributed by atoms with Crippen LogP contribution in [0.3, 0.4) is 0 Å². The van der Waals surface area contributed by atoms with E-state index < -0.39 is 0 Å². The summed E-state index contributed by atoms with van der Waals surface area (Å²) >= 11 is 3.21. The first-order chi connectivity index (χ1) is 4.43. The second kappa shape index (κ2) is 5.95. The van der Waals surface area contributed by atoms with E-state index >= 15 is 0 Å². The van der Waals surface area contributed by atoms with Crippen molar-refractivity contribution in [3.05, 3.63) is 40.9 Å². The number of hydrogen-bond donors (Lipinski definition) is 0. The third kappa shape index (κ3) is 3.39. The second-order valence-corrected chi connectivity index (χ2v) is 2.23. The molecule has 0 bridgehead atoms. The van der Waals surface area contributed by atoms with E-state index in [1.165, 1.54) is 5.56 Å². The molecule has 0 unspecified atom stereocenters. The van der Waals surface area contributed by atoms with Gasteiger partial charge < -0.3 is 2.85 Å². The molecular formula is C8H9BrMg. The Balaban J connectivity index is -0.000000270. The Bertz CT molecular complexity index is 201. The first kappa shape index (κ1) is 10.2. The molecule has 2 heteroatoms. The van der Waals surface area contributed by atoms with Crippen molar-refractivity contribution < 1.29 is 2.85 Å². The zero-order chi connectivity index (χ0) is 6.53. The van der Waals surface area contributed by atoms with Crippen LogP contribution in [0, 0.1) is 0 Å². The standard InChI is InChI=1S/C8H7Br.Mg.2H/c9-7-6-8-4-2-1-3-5-8;;;/h1-7H;;;/q;+2;2*-1/b7-6+;;;. The van der Waals surface area contributed by atoms with Gasteiger partial charge in [0.05, 0.1) is 0 Å². The molecule has 0 aromatic heterocycles. The zero-order valence-electron chi connectivity index (χ0n) is 7.63. The molecular weight excluding hydrogens is 200 g/mol. The molecule has 0 heterocycles. The Labute approximate surface area is 88.6 Å². The molecule has 0 amide bonds. The first-order valence-electron chi connectivity index (χ1n) is 2.75. The van der Waals surface area contributed by atoms with E-state index in [0.29, 0.717) is 0 Å². The largest absolute Gasteiger partial charge is 2.00 e. The fourth-order valence-electron chi connectivity index (χ4n) is 0.637. The maximum absolute atomic E-state index is 3.21. The Morgan fingerprint density at radius 2 is 1.80 bits per heavy atom. The summed E-state index contributed by atoms with van der Waals surface area (Å²) in [5.74, 6) is 0. The van der Waals surface area contributed by atoms with Gasteiger partial charge in [0.1, 0.15) is 0 Å². The predicted molar refractivity (Wildman–Crippen MR) is 52.4 cm³/mol. The number of benzene rings is 1. The van der Waals surface area contributed by atoms with Gasteiger partial charge in [0, 0.05) is 0 Å². The molecule has 0 nitrogen and oxygen atoms in total. The summed E-state index contributed by atoms with van der Waals surface area (Å²) in [6, 6.07) is 10.1. The molecule has 1 rings (SSSR count). The molecule has 0 aliphatic rings. The van der Waals surface area contributed by atoms with E-state index in [4.69, 9.17) is 0 Å². The summed E-state index contributed by atoms with van der Waals surface area (Å²) in [5, 5.41) is 0. The minimum Gasteiger partial charge on any atom is -1.00 e. The molecule has 0 saturated carbocycles. The van der Waals surface area contributed by atoms with Crippen LogP contribution < -0.4 is 0 Å². The monoisotopic (exact) mass is 208 g/mol. The maximum Gasteiger partial charge on any atom is 2.00 e. The van der Waals surface area contributed by atoms with Crippen LogP contribution in [-0.2, 0) is 0 Å². The molecule has 0 N–H and O–H groups in total. The van der Waals surface area contributed by atoms with Crippen molar-refractivity contribution in [3.63, 3.8) is 0 Å². The van der Waals surface area contributed by atoms with Gasteiger partial charge in [-0.2, -0.15) is 0 Å². The van der Waals surface area contributed by atoms with E-state index in [1.54, 1.807) is 0 Å². The predicted octanol–water partition coefficient (Wildman–Crippen LogP) is 2.90. The Kier molecular flexibility index (Phi) is 6.07. The van der Waals surface area contributed by atoms with Gasteiger partial charge in [0.15, 0.2) is 0 Å². The van der Waals surface area contributed by atoms with Gasteiger partial charge in [-0.1, -0.05) is 46.3 Å². The van der Waals surface area contributed by atoms with Gasteiger partial charge in [-0.15, -0.1) is 0 Å². The fourth-order valence-corrected chi connectivity index (χ4v) is 0.942. The van der Waals surface area contributed by atoms with E-state index in [0.717, 1.165) is 0 Å². The molecule has 1 aromatic rings. The number of rotatable bonds is 1. The zero-order valence-corrected chi connectivity index (χ0v) is 8.63. The van der Waals surface area contributed by atoms with E-state index in [9.17, 15) is 0 Å². The smallest absolute Gasteiger partial charge is 1.00 e. The molecule has 0 radical (unpaired) electrons. The average molecular weight is 209 g/mol. The SMILES string of the molecule is Br/C=C/c1ccccc1.[H-].[H-].[Mg+2].